The summed E-state index contributed by atoms with van der Waals surface area (Å²) in [6.45, 7) is 0. The standard InChI is InChI=1S/C17H14O4.K.H/c18-15(19)17(16(20)21)13-9-5-4-8-12(13)10-14(17)11-6-2-1-3-7-11;;/h1-9,14H,10H2,(H,18,19)(H,20,21);;/q;+1;-1. The van der Waals surface area contributed by atoms with E-state index in [0.29, 0.717) is 12.0 Å². The van der Waals surface area contributed by atoms with E-state index in [-0.39, 0.29) is 52.8 Å². The van der Waals surface area contributed by atoms with Crippen molar-refractivity contribution in [3.8, 4) is 0 Å². The van der Waals surface area contributed by atoms with Gasteiger partial charge in [0.1, 0.15) is 0 Å². The number of aliphatic carboxylic acids is 2. The van der Waals surface area contributed by atoms with Crippen LogP contribution in [-0.4, -0.2) is 22.2 Å². The molecule has 22 heavy (non-hydrogen) atoms. The Morgan fingerprint density at radius 3 is 2.09 bits per heavy atom. The summed E-state index contributed by atoms with van der Waals surface area (Å²) in [6, 6.07) is 15.9. The van der Waals surface area contributed by atoms with Gasteiger partial charge < -0.3 is 11.6 Å². The third-order valence-electron chi connectivity index (χ3n) is 4.27. The summed E-state index contributed by atoms with van der Waals surface area (Å²) in [5.74, 6) is -3.23. The van der Waals surface area contributed by atoms with E-state index in [1.54, 1.807) is 48.5 Å². The van der Waals surface area contributed by atoms with E-state index in [4.69, 9.17) is 0 Å². The Morgan fingerprint density at radius 2 is 1.50 bits per heavy atom. The minimum Gasteiger partial charge on any atom is -1.00 e. The molecule has 4 nitrogen and oxygen atoms in total. The molecular formula is C17H15KO4. The van der Waals surface area contributed by atoms with Gasteiger partial charge in [0.05, 0.1) is 0 Å². The zero-order valence-electron chi connectivity index (χ0n) is 13.2. The largest absolute Gasteiger partial charge is 1.00 e. The van der Waals surface area contributed by atoms with Gasteiger partial charge in [-0.2, -0.15) is 0 Å². The second-order valence-corrected chi connectivity index (χ2v) is 5.24. The Morgan fingerprint density at radius 1 is 0.955 bits per heavy atom. The van der Waals surface area contributed by atoms with E-state index in [1.165, 1.54) is 0 Å². The van der Waals surface area contributed by atoms with Crippen molar-refractivity contribution in [2.75, 3.05) is 0 Å². The molecule has 2 aromatic rings. The van der Waals surface area contributed by atoms with Crippen LogP contribution in [0.2, 0.25) is 0 Å². The van der Waals surface area contributed by atoms with Gasteiger partial charge in [-0.05, 0) is 23.1 Å². The fourth-order valence-electron chi connectivity index (χ4n) is 3.32. The molecule has 0 saturated carbocycles. The number of carboxylic acid groups (broad SMARTS) is 2. The number of benzene rings is 2. The fraction of sp³-hybridized carbons (Fsp3) is 0.176. The molecule has 0 spiro atoms. The summed E-state index contributed by atoms with van der Waals surface area (Å²) in [6.07, 6.45) is 0.415. The predicted molar refractivity (Wildman–Crippen MR) is 77.4 cm³/mol. The predicted octanol–water partition coefficient (Wildman–Crippen LogP) is -0.450. The zero-order valence-corrected chi connectivity index (χ0v) is 15.3. The summed E-state index contributed by atoms with van der Waals surface area (Å²) >= 11 is 0. The first-order chi connectivity index (χ1) is 10.1. The normalized spacial score (nSPS) is 18.1. The van der Waals surface area contributed by atoms with Gasteiger partial charge in [-0.25, -0.2) is 0 Å². The number of hydrogen-bond donors (Lipinski definition) is 2. The molecule has 5 heteroatoms. The van der Waals surface area contributed by atoms with Crippen LogP contribution in [0.3, 0.4) is 0 Å². The van der Waals surface area contributed by atoms with E-state index in [9.17, 15) is 19.8 Å². The second-order valence-electron chi connectivity index (χ2n) is 5.24. The molecule has 0 saturated heterocycles. The van der Waals surface area contributed by atoms with Crippen molar-refractivity contribution in [1.29, 1.82) is 0 Å². The summed E-state index contributed by atoms with van der Waals surface area (Å²) in [7, 11) is 0. The van der Waals surface area contributed by atoms with Crippen LogP contribution >= 0.6 is 0 Å². The van der Waals surface area contributed by atoms with Crippen molar-refractivity contribution >= 4 is 11.9 Å². The molecule has 0 amide bonds. The Bertz CT molecular complexity index is 704. The Hall–Kier alpha value is -0.984. The third kappa shape index (κ3) is 2.47. The maximum atomic E-state index is 11.9. The Balaban J connectivity index is 0.00000132. The molecule has 1 aliphatic rings. The molecule has 2 N–H and O–H groups in total. The van der Waals surface area contributed by atoms with Crippen LogP contribution in [0.1, 0.15) is 24.0 Å². The summed E-state index contributed by atoms with van der Waals surface area (Å²) in [4.78, 5) is 23.9. The van der Waals surface area contributed by atoms with Crippen molar-refractivity contribution < 1.29 is 72.6 Å². The third-order valence-corrected chi connectivity index (χ3v) is 4.27. The van der Waals surface area contributed by atoms with Gasteiger partial charge >= 0.3 is 63.3 Å². The van der Waals surface area contributed by atoms with Crippen molar-refractivity contribution in [2.24, 2.45) is 0 Å². The van der Waals surface area contributed by atoms with Crippen LogP contribution in [0, 0.1) is 0 Å². The SMILES string of the molecule is O=C(O)C1(C(=O)O)c2ccccc2CC1c1ccccc1.[H-].[K+]. The molecule has 1 atom stereocenters. The van der Waals surface area contributed by atoms with Crippen molar-refractivity contribution in [3.05, 3.63) is 71.3 Å². The van der Waals surface area contributed by atoms with Crippen LogP contribution in [0.25, 0.3) is 0 Å². The van der Waals surface area contributed by atoms with E-state index in [2.05, 4.69) is 0 Å². The number of fused-ring (bicyclic) bond motifs is 1. The van der Waals surface area contributed by atoms with Crippen LogP contribution in [0.4, 0.5) is 0 Å². The van der Waals surface area contributed by atoms with E-state index >= 15 is 0 Å². The molecule has 0 heterocycles. The molecule has 1 unspecified atom stereocenters. The monoisotopic (exact) mass is 322 g/mol. The molecule has 1 aliphatic carbocycles. The van der Waals surface area contributed by atoms with E-state index in [1.807, 2.05) is 6.07 Å². The summed E-state index contributed by atoms with van der Waals surface area (Å²) in [5, 5.41) is 19.5. The summed E-state index contributed by atoms with van der Waals surface area (Å²) < 4.78 is 0. The fourth-order valence-corrected chi connectivity index (χ4v) is 3.32. The van der Waals surface area contributed by atoms with Crippen LogP contribution in [0.15, 0.2) is 54.6 Å². The van der Waals surface area contributed by atoms with Gasteiger partial charge in [0.25, 0.3) is 0 Å². The average molecular weight is 322 g/mol. The molecule has 0 bridgehead atoms. The van der Waals surface area contributed by atoms with Crippen molar-refractivity contribution in [1.82, 2.24) is 0 Å². The van der Waals surface area contributed by atoms with Crippen molar-refractivity contribution in [3.63, 3.8) is 0 Å². The first-order valence-electron chi connectivity index (χ1n) is 6.68. The minimum absolute atomic E-state index is 0. The molecule has 0 radical (unpaired) electrons. The zero-order chi connectivity index (χ0) is 15.0. The number of carboxylic acids is 2. The van der Waals surface area contributed by atoms with Gasteiger partial charge in [0.2, 0.25) is 0 Å². The molecule has 2 aromatic carbocycles. The van der Waals surface area contributed by atoms with Crippen LogP contribution in [-0.2, 0) is 21.4 Å². The van der Waals surface area contributed by atoms with Crippen molar-refractivity contribution in [2.45, 2.75) is 17.8 Å². The number of hydrogen-bond acceptors (Lipinski definition) is 2. The molecule has 0 aliphatic heterocycles. The van der Waals surface area contributed by atoms with Crippen LogP contribution in [0.5, 0.6) is 0 Å². The number of carbonyl (C=O) groups is 2. The Kier molecular flexibility index (Phi) is 5.24. The first-order valence-corrected chi connectivity index (χ1v) is 6.68. The van der Waals surface area contributed by atoms with Crippen LogP contribution < -0.4 is 51.4 Å². The van der Waals surface area contributed by atoms with Gasteiger partial charge in [-0.15, -0.1) is 0 Å². The number of rotatable bonds is 3. The maximum absolute atomic E-state index is 11.9. The van der Waals surface area contributed by atoms with Gasteiger partial charge in [-0.1, -0.05) is 54.6 Å². The molecule has 0 aromatic heterocycles. The van der Waals surface area contributed by atoms with Gasteiger partial charge in [0.15, 0.2) is 5.41 Å². The Labute approximate surface area is 172 Å². The van der Waals surface area contributed by atoms with E-state index in [0.717, 1.165) is 11.1 Å². The molecule has 3 rings (SSSR count). The smallest absolute Gasteiger partial charge is 1.00 e. The van der Waals surface area contributed by atoms with Gasteiger partial charge in [-0.3, -0.25) is 9.59 Å². The van der Waals surface area contributed by atoms with Gasteiger partial charge in [0, 0.05) is 5.92 Å². The molecular weight excluding hydrogens is 307 g/mol. The summed E-state index contributed by atoms with van der Waals surface area (Å²) in [5.41, 5.74) is -0.00805. The maximum Gasteiger partial charge on any atom is 1.00 e. The topological polar surface area (TPSA) is 74.6 Å². The molecule has 0 fully saturated rings. The van der Waals surface area contributed by atoms with E-state index < -0.39 is 23.3 Å². The molecule has 108 valence electrons. The minimum atomic E-state index is -1.92. The second kappa shape index (κ2) is 6.64. The quantitative estimate of drug-likeness (QED) is 0.593. The first kappa shape index (κ1) is 17.4. The average Bonchev–Trinajstić information content (AvgIpc) is 2.84.